The van der Waals surface area contributed by atoms with Crippen molar-refractivity contribution in [2.24, 2.45) is 0 Å². The molecule has 0 saturated heterocycles. The summed E-state index contributed by atoms with van der Waals surface area (Å²) in [6.45, 7) is 1.39. The van der Waals surface area contributed by atoms with Gasteiger partial charge in [0.05, 0.1) is 4.90 Å². The molecule has 0 radical (unpaired) electrons. The molecule has 92 valence electrons. The average molecular weight is 264 g/mol. The van der Waals surface area contributed by atoms with Gasteiger partial charge in [0.25, 0.3) is 0 Å². The molecule has 0 unspecified atom stereocenters. The van der Waals surface area contributed by atoms with Gasteiger partial charge in [-0.15, -0.1) is 0 Å². The molecule has 0 aliphatic carbocycles. The van der Waals surface area contributed by atoms with Crippen LogP contribution in [0.25, 0.3) is 0 Å². The highest BCUT2D eigenvalue weighted by molar-refractivity contribution is 7.99. The number of benzene rings is 2. The minimum Gasteiger partial charge on any atom is -0.294 e. The number of hydrogen-bond donors (Lipinski definition) is 0. The van der Waals surface area contributed by atoms with E-state index in [-0.39, 0.29) is 16.5 Å². The predicted molar refractivity (Wildman–Crippen MR) is 66.9 cm³/mol. The van der Waals surface area contributed by atoms with Crippen molar-refractivity contribution in [3.05, 3.63) is 59.7 Å². The molecule has 0 bridgehead atoms. The van der Waals surface area contributed by atoms with Crippen LogP contribution in [0.15, 0.2) is 52.3 Å². The van der Waals surface area contributed by atoms with Crippen LogP contribution in [-0.4, -0.2) is 5.78 Å². The van der Waals surface area contributed by atoms with E-state index in [9.17, 15) is 13.6 Å². The molecule has 0 N–H and O–H groups in total. The molecule has 0 aromatic heterocycles. The monoisotopic (exact) mass is 264 g/mol. The van der Waals surface area contributed by atoms with Crippen LogP contribution in [-0.2, 0) is 0 Å². The Morgan fingerprint density at radius 2 is 1.72 bits per heavy atom. The summed E-state index contributed by atoms with van der Waals surface area (Å²) in [7, 11) is 0. The standard InChI is InChI=1S/C14H10F2OS/c1-9(17)12-3-2-4-13(16)14(12)18-11-7-5-10(15)6-8-11/h2-8H,1H3. The van der Waals surface area contributed by atoms with Crippen molar-refractivity contribution in [1.29, 1.82) is 0 Å². The summed E-state index contributed by atoms with van der Waals surface area (Å²) in [6, 6.07) is 10.1. The van der Waals surface area contributed by atoms with E-state index in [1.165, 1.54) is 31.2 Å². The van der Waals surface area contributed by atoms with Crippen LogP contribution in [0.1, 0.15) is 17.3 Å². The van der Waals surface area contributed by atoms with Gasteiger partial charge in [0.15, 0.2) is 5.78 Å². The van der Waals surface area contributed by atoms with Gasteiger partial charge in [0.2, 0.25) is 0 Å². The number of rotatable bonds is 3. The van der Waals surface area contributed by atoms with Crippen LogP contribution < -0.4 is 0 Å². The van der Waals surface area contributed by atoms with Crippen molar-refractivity contribution < 1.29 is 13.6 Å². The highest BCUT2D eigenvalue weighted by Crippen LogP contribution is 2.32. The summed E-state index contributed by atoms with van der Waals surface area (Å²) in [5, 5.41) is 0. The maximum atomic E-state index is 13.7. The lowest BCUT2D eigenvalue weighted by Gasteiger charge is -2.07. The fraction of sp³-hybridized carbons (Fsp3) is 0.0714. The smallest absolute Gasteiger partial charge is 0.161 e. The predicted octanol–water partition coefficient (Wildman–Crippen LogP) is 4.32. The van der Waals surface area contributed by atoms with Crippen LogP contribution in [0.4, 0.5) is 8.78 Å². The fourth-order valence-corrected chi connectivity index (χ4v) is 2.51. The fourth-order valence-electron chi connectivity index (χ4n) is 1.51. The number of Topliss-reactive ketones (excluding diaryl/α,β-unsaturated/α-hetero) is 1. The SMILES string of the molecule is CC(=O)c1cccc(F)c1Sc1ccc(F)cc1. The molecule has 0 aliphatic heterocycles. The second-order valence-electron chi connectivity index (χ2n) is 3.73. The number of carbonyl (C=O) groups excluding carboxylic acids is 1. The van der Waals surface area contributed by atoms with E-state index in [0.29, 0.717) is 10.5 Å². The molecule has 0 fully saturated rings. The molecule has 18 heavy (non-hydrogen) atoms. The van der Waals surface area contributed by atoms with E-state index in [1.807, 2.05) is 0 Å². The third-order valence-corrected chi connectivity index (χ3v) is 3.51. The average Bonchev–Trinajstić information content (AvgIpc) is 2.34. The Bertz CT molecular complexity index is 579. The van der Waals surface area contributed by atoms with Crippen molar-refractivity contribution in [1.82, 2.24) is 0 Å². The van der Waals surface area contributed by atoms with Gasteiger partial charge in [0.1, 0.15) is 11.6 Å². The van der Waals surface area contributed by atoms with Crippen molar-refractivity contribution >= 4 is 17.5 Å². The van der Waals surface area contributed by atoms with Gasteiger partial charge in [-0.05, 0) is 37.3 Å². The second kappa shape index (κ2) is 5.31. The molecule has 0 heterocycles. The van der Waals surface area contributed by atoms with E-state index >= 15 is 0 Å². The molecule has 1 nitrogen and oxygen atoms in total. The highest BCUT2D eigenvalue weighted by atomic mass is 32.2. The number of ketones is 1. The first-order chi connectivity index (χ1) is 8.58. The molecule has 0 atom stereocenters. The number of halogens is 2. The zero-order valence-electron chi connectivity index (χ0n) is 9.61. The summed E-state index contributed by atoms with van der Waals surface area (Å²) in [4.78, 5) is 12.4. The molecule has 4 heteroatoms. The lowest BCUT2D eigenvalue weighted by Crippen LogP contribution is -1.97. The highest BCUT2D eigenvalue weighted by Gasteiger charge is 2.13. The number of carbonyl (C=O) groups is 1. The summed E-state index contributed by atoms with van der Waals surface area (Å²) < 4.78 is 26.5. The minimum absolute atomic E-state index is 0.195. The van der Waals surface area contributed by atoms with E-state index in [2.05, 4.69) is 0 Å². The van der Waals surface area contributed by atoms with Gasteiger partial charge in [0, 0.05) is 10.5 Å². The molecule has 2 aromatic carbocycles. The Kier molecular flexibility index (Phi) is 3.77. The van der Waals surface area contributed by atoms with Gasteiger partial charge in [-0.3, -0.25) is 4.79 Å². The van der Waals surface area contributed by atoms with E-state index < -0.39 is 5.82 Å². The molecule has 0 spiro atoms. The lowest BCUT2D eigenvalue weighted by atomic mass is 10.1. The molecular formula is C14H10F2OS. The zero-order valence-corrected chi connectivity index (χ0v) is 10.4. The molecular weight excluding hydrogens is 254 g/mol. The van der Waals surface area contributed by atoms with Gasteiger partial charge in [-0.1, -0.05) is 23.9 Å². The van der Waals surface area contributed by atoms with Crippen LogP contribution in [0.5, 0.6) is 0 Å². The Labute approximate surface area is 108 Å². The van der Waals surface area contributed by atoms with Crippen LogP contribution >= 0.6 is 11.8 Å². The van der Waals surface area contributed by atoms with Crippen molar-refractivity contribution in [2.45, 2.75) is 16.7 Å². The normalized spacial score (nSPS) is 10.4. The Balaban J connectivity index is 2.39. The number of hydrogen-bond acceptors (Lipinski definition) is 2. The van der Waals surface area contributed by atoms with E-state index in [4.69, 9.17) is 0 Å². The zero-order chi connectivity index (χ0) is 13.1. The summed E-state index contributed by atoms with van der Waals surface area (Å²) in [6.07, 6.45) is 0. The minimum atomic E-state index is -0.447. The first-order valence-corrected chi connectivity index (χ1v) is 6.12. The maximum Gasteiger partial charge on any atom is 0.161 e. The Morgan fingerprint density at radius 1 is 1.06 bits per heavy atom. The molecule has 2 aromatic rings. The molecule has 2 rings (SSSR count). The molecule has 0 saturated carbocycles. The summed E-state index contributed by atoms with van der Waals surface area (Å²) in [5.41, 5.74) is 0.337. The van der Waals surface area contributed by atoms with Gasteiger partial charge >= 0.3 is 0 Å². The topological polar surface area (TPSA) is 17.1 Å². The van der Waals surface area contributed by atoms with Gasteiger partial charge in [-0.2, -0.15) is 0 Å². The van der Waals surface area contributed by atoms with Crippen molar-refractivity contribution in [3.8, 4) is 0 Å². The van der Waals surface area contributed by atoms with Crippen molar-refractivity contribution in [3.63, 3.8) is 0 Å². The van der Waals surface area contributed by atoms with Crippen LogP contribution in [0.2, 0.25) is 0 Å². The largest absolute Gasteiger partial charge is 0.294 e. The Hall–Kier alpha value is -1.68. The van der Waals surface area contributed by atoms with Crippen molar-refractivity contribution in [2.75, 3.05) is 0 Å². The van der Waals surface area contributed by atoms with E-state index in [0.717, 1.165) is 11.8 Å². The third-order valence-electron chi connectivity index (χ3n) is 2.38. The van der Waals surface area contributed by atoms with E-state index in [1.54, 1.807) is 18.2 Å². The Morgan fingerprint density at radius 3 is 2.33 bits per heavy atom. The first kappa shape index (κ1) is 12.8. The maximum absolute atomic E-state index is 13.7. The molecule has 0 amide bonds. The summed E-state index contributed by atoms with van der Waals surface area (Å²) >= 11 is 1.12. The molecule has 0 aliphatic rings. The first-order valence-electron chi connectivity index (χ1n) is 5.31. The lowest BCUT2D eigenvalue weighted by molar-refractivity contribution is 0.101. The summed E-state index contributed by atoms with van der Waals surface area (Å²) in [5.74, 6) is -0.990. The second-order valence-corrected chi connectivity index (χ2v) is 4.81. The van der Waals surface area contributed by atoms with Gasteiger partial charge in [-0.25, -0.2) is 8.78 Å². The van der Waals surface area contributed by atoms with Gasteiger partial charge < -0.3 is 0 Å². The third kappa shape index (κ3) is 2.76. The van der Waals surface area contributed by atoms with Crippen LogP contribution in [0, 0.1) is 11.6 Å². The quantitative estimate of drug-likeness (QED) is 0.768. The van der Waals surface area contributed by atoms with Crippen LogP contribution in [0.3, 0.4) is 0 Å².